The first-order chi connectivity index (χ1) is 14.7. The maximum absolute atomic E-state index is 6.11. The quantitative estimate of drug-likeness (QED) is 0.530. The van der Waals surface area contributed by atoms with Crippen molar-refractivity contribution < 1.29 is 14.2 Å². The number of methoxy groups -OCH3 is 2. The third-order valence-electron chi connectivity index (χ3n) is 5.23. The average Bonchev–Trinajstić information content (AvgIpc) is 2.79. The van der Waals surface area contributed by atoms with Crippen LogP contribution in [-0.4, -0.2) is 57.4 Å². The van der Waals surface area contributed by atoms with Gasteiger partial charge in [0.15, 0.2) is 17.5 Å². The summed E-state index contributed by atoms with van der Waals surface area (Å²) in [6.07, 6.45) is 3.10. The van der Waals surface area contributed by atoms with Crippen LogP contribution in [0, 0.1) is 0 Å². The predicted molar refractivity (Wildman–Crippen MR) is 121 cm³/mol. The van der Waals surface area contributed by atoms with E-state index in [-0.39, 0.29) is 6.10 Å². The van der Waals surface area contributed by atoms with E-state index in [9.17, 15) is 0 Å². The number of guanidine groups is 1. The molecule has 0 amide bonds. The highest BCUT2D eigenvalue weighted by molar-refractivity contribution is 5.80. The molecule has 0 atom stereocenters. The molecule has 162 valence electrons. The molecular weight excluding hydrogens is 378 g/mol. The maximum atomic E-state index is 6.11. The van der Waals surface area contributed by atoms with Crippen molar-refractivity contribution in [2.45, 2.75) is 32.3 Å². The summed E-state index contributed by atoms with van der Waals surface area (Å²) in [5, 5.41) is 3.43. The Labute approximate surface area is 179 Å². The van der Waals surface area contributed by atoms with E-state index in [4.69, 9.17) is 19.2 Å². The number of likely N-dealkylation sites (tertiary alicyclic amines) is 1. The highest BCUT2D eigenvalue weighted by atomic mass is 16.5. The van der Waals surface area contributed by atoms with E-state index in [1.807, 2.05) is 42.5 Å². The van der Waals surface area contributed by atoms with Gasteiger partial charge in [-0.2, -0.15) is 0 Å². The Bertz CT molecular complexity index is 803. The summed E-state index contributed by atoms with van der Waals surface area (Å²) in [6.45, 7) is 5.57. The molecule has 0 bridgehead atoms. The van der Waals surface area contributed by atoms with Gasteiger partial charge in [-0.15, -0.1) is 0 Å². The second kappa shape index (κ2) is 11.3. The minimum absolute atomic E-state index is 0.262. The topological polar surface area (TPSA) is 55.3 Å². The van der Waals surface area contributed by atoms with Gasteiger partial charge in [-0.1, -0.05) is 24.3 Å². The second-order valence-corrected chi connectivity index (χ2v) is 7.29. The van der Waals surface area contributed by atoms with E-state index in [1.54, 1.807) is 14.2 Å². The summed E-state index contributed by atoms with van der Waals surface area (Å²) >= 11 is 0. The van der Waals surface area contributed by atoms with Crippen molar-refractivity contribution in [2.75, 3.05) is 40.4 Å². The third kappa shape index (κ3) is 6.05. The molecule has 3 rings (SSSR count). The lowest BCUT2D eigenvalue weighted by Gasteiger charge is -2.34. The Kier molecular flexibility index (Phi) is 8.24. The van der Waals surface area contributed by atoms with Gasteiger partial charge in [0.2, 0.25) is 0 Å². The molecule has 1 N–H and O–H groups in total. The molecule has 30 heavy (non-hydrogen) atoms. The first-order valence-electron chi connectivity index (χ1n) is 10.7. The van der Waals surface area contributed by atoms with Crippen LogP contribution in [0.2, 0.25) is 0 Å². The van der Waals surface area contributed by atoms with E-state index >= 15 is 0 Å². The molecule has 2 aromatic rings. The highest BCUT2D eigenvalue weighted by Crippen LogP contribution is 2.27. The minimum Gasteiger partial charge on any atom is -0.493 e. The van der Waals surface area contributed by atoms with Crippen molar-refractivity contribution in [1.82, 2.24) is 10.2 Å². The van der Waals surface area contributed by atoms with Crippen molar-refractivity contribution >= 4 is 5.96 Å². The molecule has 2 aromatic carbocycles. The first-order valence-corrected chi connectivity index (χ1v) is 10.7. The Morgan fingerprint density at radius 1 is 1.03 bits per heavy atom. The van der Waals surface area contributed by atoms with E-state index in [0.29, 0.717) is 0 Å². The van der Waals surface area contributed by atoms with Gasteiger partial charge in [0.05, 0.1) is 14.2 Å². The van der Waals surface area contributed by atoms with Gasteiger partial charge < -0.3 is 24.4 Å². The molecule has 1 aliphatic heterocycles. The SMILES string of the molecule is CCNC(=NCCc1ccc(OC)c(OC)c1)N1CCC(Oc2ccccc2)CC1. The summed E-state index contributed by atoms with van der Waals surface area (Å²) in [7, 11) is 3.31. The number of para-hydroxylation sites is 1. The van der Waals surface area contributed by atoms with Gasteiger partial charge in [0.1, 0.15) is 11.9 Å². The van der Waals surface area contributed by atoms with E-state index < -0.39 is 0 Å². The van der Waals surface area contributed by atoms with Gasteiger partial charge in [0, 0.05) is 39.0 Å². The summed E-state index contributed by atoms with van der Waals surface area (Å²) in [5.74, 6) is 3.44. The van der Waals surface area contributed by atoms with Crippen molar-refractivity contribution in [1.29, 1.82) is 0 Å². The Morgan fingerprint density at radius 3 is 2.43 bits per heavy atom. The van der Waals surface area contributed by atoms with Crippen molar-refractivity contribution in [3.8, 4) is 17.2 Å². The number of benzene rings is 2. The van der Waals surface area contributed by atoms with Gasteiger partial charge in [-0.3, -0.25) is 4.99 Å². The molecule has 6 nitrogen and oxygen atoms in total. The zero-order valence-corrected chi connectivity index (χ0v) is 18.3. The predicted octanol–water partition coefficient (Wildman–Crippen LogP) is 3.76. The third-order valence-corrected chi connectivity index (χ3v) is 5.23. The number of rotatable bonds is 8. The summed E-state index contributed by atoms with van der Waals surface area (Å²) in [5.41, 5.74) is 1.18. The van der Waals surface area contributed by atoms with Gasteiger partial charge in [-0.25, -0.2) is 0 Å². The smallest absolute Gasteiger partial charge is 0.193 e. The molecule has 1 heterocycles. The molecule has 1 saturated heterocycles. The number of nitrogens with zero attached hydrogens (tertiary/aromatic N) is 2. The monoisotopic (exact) mass is 411 g/mol. The van der Waals surface area contributed by atoms with Crippen LogP contribution in [0.3, 0.4) is 0 Å². The summed E-state index contributed by atoms with van der Waals surface area (Å²) in [4.78, 5) is 7.19. The number of ether oxygens (including phenoxy) is 3. The largest absolute Gasteiger partial charge is 0.493 e. The fourth-order valence-corrected chi connectivity index (χ4v) is 3.63. The fraction of sp³-hybridized carbons (Fsp3) is 0.458. The number of hydrogen-bond acceptors (Lipinski definition) is 4. The maximum Gasteiger partial charge on any atom is 0.193 e. The lowest BCUT2D eigenvalue weighted by molar-refractivity contribution is 0.129. The van der Waals surface area contributed by atoms with Crippen LogP contribution in [0.25, 0.3) is 0 Å². The van der Waals surface area contributed by atoms with Gasteiger partial charge in [-0.05, 0) is 43.2 Å². The van der Waals surface area contributed by atoms with E-state index in [2.05, 4.69) is 23.2 Å². The van der Waals surface area contributed by atoms with Crippen molar-refractivity contribution in [2.24, 2.45) is 4.99 Å². The van der Waals surface area contributed by atoms with Crippen LogP contribution in [-0.2, 0) is 6.42 Å². The second-order valence-electron chi connectivity index (χ2n) is 7.29. The molecule has 0 radical (unpaired) electrons. The Morgan fingerprint density at radius 2 is 1.77 bits per heavy atom. The summed E-state index contributed by atoms with van der Waals surface area (Å²) in [6, 6.07) is 16.1. The minimum atomic E-state index is 0.262. The van der Waals surface area contributed by atoms with Gasteiger partial charge in [0.25, 0.3) is 0 Å². The zero-order chi connectivity index (χ0) is 21.2. The van der Waals surface area contributed by atoms with E-state index in [1.165, 1.54) is 5.56 Å². The lowest BCUT2D eigenvalue weighted by Crippen LogP contribution is -2.47. The van der Waals surface area contributed by atoms with Gasteiger partial charge >= 0.3 is 0 Å². The van der Waals surface area contributed by atoms with Crippen molar-refractivity contribution in [3.05, 3.63) is 54.1 Å². The molecule has 0 aromatic heterocycles. The van der Waals surface area contributed by atoms with Crippen molar-refractivity contribution in [3.63, 3.8) is 0 Å². The van der Waals surface area contributed by atoms with E-state index in [0.717, 1.165) is 68.6 Å². The molecule has 0 unspecified atom stereocenters. The molecule has 1 fully saturated rings. The molecule has 0 spiro atoms. The number of nitrogens with one attached hydrogen (secondary N) is 1. The summed E-state index contributed by atoms with van der Waals surface area (Å²) < 4.78 is 16.8. The molecule has 0 saturated carbocycles. The molecule has 0 aliphatic carbocycles. The fourth-order valence-electron chi connectivity index (χ4n) is 3.63. The standard InChI is InChI=1S/C24H33N3O3/c1-4-25-24(26-15-12-19-10-11-22(28-2)23(18-19)29-3)27-16-13-21(14-17-27)30-20-8-6-5-7-9-20/h5-11,18,21H,4,12-17H2,1-3H3,(H,25,26). The van der Waals surface area contributed by atoms with Crippen LogP contribution >= 0.6 is 0 Å². The normalized spacial score (nSPS) is 15.0. The number of hydrogen-bond donors (Lipinski definition) is 1. The molecule has 1 aliphatic rings. The highest BCUT2D eigenvalue weighted by Gasteiger charge is 2.22. The first kappa shape index (κ1) is 21.8. The number of aliphatic imine (C=N–C) groups is 1. The van der Waals surface area contributed by atoms with Crippen LogP contribution in [0.1, 0.15) is 25.3 Å². The van der Waals surface area contributed by atoms with Crippen LogP contribution < -0.4 is 19.5 Å². The lowest BCUT2D eigenvalue weighted by atomic mass is 10.1. The molecular formula is C24H33N3O3. The van der Waals surface area contributed by atoms with Crippen LogP contribution in [0.15, 0.2) is 53.5 Å². The number of piperidine rings is 1. The van der Waals surface area contributed by atoms with Crippen LogP contribution in [0.5, 0.6) is 17.2 Å². The Hall–Kier alpha value is -2.89. The Balaban J connectivity index is 1.53. The molecule has 6 heteroatoms. The average molecular weight is 412 g/mol. The van der Waals surface area contributed by atoms with Crippen LogP contribution in [0.4, 0.5) is 0 Å². The zero-order valence-electron chi connectivity index (χ0n) is 18.3.